The molecule has 116 valence electrons. The van der Waals surface area contributed by atoms with Crippen LogP contribution in [0.5, 0.6) is 0 Å². The standard InChI is InChI=1S/C17H25NO3/c1-17(2)10-15(14(12-20-17)11-18(3)4)21-16(19)13-8-6-5-7-9-13/h5-9,14-15H,10-12H2,1-4H3/p+1/t14-,15+/m1/s1. The van der Waals surface area contributed by atoms with Crippen molar-refractivity contribution in [3.8, 4) is 0 Å². The molecule has 21 heavy (non-hydrogen) atoms. The van der Waals surface area contributed by atoms with Crippen LogP contribution in [0.25, 0.3) is 0 Å². The zero-order valence-electron chi connectivity index (χ0n) is 13.4. The van der Waals surface area contributed by atoms with Gasteiger partial charge in [-0.25, -0.2) is 4.79 Å². The van der Waals surface area contributed by atoms with Crippen LogP contribution in [0.1, 0.15) is 30.6 Å². The summed E-state index contributed by atoms with van der Waals surface area (Å²) in [4.78, 5) is 13.6. The van der Waals surface area contributed by atoms with Crippen LogP contribution < -0.4 is 4.90 Å². The molecule has 0 radical (unpaired) electrons. The van der Waals surface area contributed by atoms with E-state index < -0.39 is 0 Å². The van der Waals surface area contributed by atoms with Crippen molar-refractivity contribution < 1.29 is 19.2 Å². The quantitative estimate of drug-likeness (QED) is 0.847. The number of ether oxygens (including phenoxy) is 2. The number of carbonyl (C=O) groups excluding carboxylic acids is 1. The van der Waals surface area contributed by atoms with E-state index in [4.69, 9.17) is 9.47 Å². The first-order valence-electron chi connectivity index (χ1n) is 7.56. The molecule has 0 bridgehead atoms. The molecule has 4 heteroatoms. The summed E-state index contributed by atoms with van der Waals surface area (Å²) in [6.45, 7) is 5.68. The molecular formula is C17H26NO3+. The number of hydrogen-bond donors (Lipinski definition) is 1. The lowest BCUT2D eigenvalue weighted by Crippen LogP contribution is -3.07. The summed E-state index contributed by atoms with van der Waals surface area (Å²) < 4.78 is 11.7. The first-order valence-corrected chi connectivity index (χ1v) is 7.56. The van der Waals surface area contributed by atoms with Crippen molar-refractivity contribution in [1.29, 1.82) is 0 Å². The molecule has 2 rings (SSSR count). The molecule has 0 saturated carbocycles. The van der Waals surface area contributed by atoms with Crippen LogP contribution in [-0.2, 0) is 9.47 Å². The Hall–Kier alpha value is -1.39. The minimum absolute atomic E-state index is 0.0867. The Morgan fingerprint density at radius 1 is 1.33 bits per heavy atom. The predicted molar refractivity (Wildman–Crippen MR) is 81.5 cm³/mol. The highest BCUT2D eigenvalue weighted by Crippen LogP contribution is 2.29. The van der Waals surface area contributed by atoms with Crippen LogP contribution in [0.15, 0.2) is 30.3 Å². The zero-order chi connectivity index (χ0) is 15.5. The molecule has 1 heterocycles. The molecule has 0 amide bonds. The third kappa shape index (κ3) is 4.55. The monoisotopic (exact) mass is 292 g/mol. The van der Waals surface area contributed by atoms with Gasteiger partial charge in [-0.3, -0.25) is 0 Å². The summed E-state index contributed by atoms with van der Waals surface area (Å²) in [5, 5.41) is 0. The topological polar surface area (TPSA) is 40.0 Å². The summed E-state index contributed by atoms with van der Waals surface area (Å²) in [5.41, 5.74) is 0.373. The lowest BCUT2D eigenvalue weighted by atomic mass is 9.88. The van der Waals surface area contributed by atoms with E-state index in [1.54, 1.807) is 12.1 Å². The maximum Gasteiger partial charge on any atom is 0.338 e. The number of esters is 1. The summed E-state index contributed by atoms with van der Waals surface area (Å²) in [7, 11) is 4.21. The van der Waals surface area contributed by atoms with Crippen LogP contribution in [0.4, 0.5) is 0 Å². The molecule has 0 unspecified atom stereocenters. The van der Waals surface area contributed by atoms with Crippen molar-refractivity contribution in [3.63, 3.8) is 0 Å². The Labute approximate surface area is 127 Å². The van der Waals surface area contributed by atoms with Crippen molar-refractivity contribution in [2.24, 2.45) is 5.92 Å². The van der Waals surface area contributed by atoms with E-state index >= 15 is 0 Å². The Morgan fingerprint density at radius 2 is 2.00 bits per heavy atom. The predicted octanol–water partition coefficient (Wildman–Crippen LogP) is 1.17. The van der Waals surface area contributed by atoms with Crippen LogP contribution in [0.2, 0.25) is 0 Å². The third-order valence-electron chi connectivity index (χ3n) is 3.85. The van der Waals surface area contributed by atoms with Crippen molar-refractivity contribution in [2.45, 2.75) is 32.0 Å². The number of nitrogens with one attached hydrogen (secondary N) is 1. The molecule has 0 aliphatic carbocycles. The number of hydrogen-bond acceptors (Lipinski definition) is 3. The van der Waals surface area contributed by atoms with E-state index in [2.05, 4.69) is 27.9 Å². The van der Waals surface area contributed by atoms with Gasteiger partial charge >= 0.3 is 5.97 Å². The largest absolute Gasteiger partial charge is 0.458 e. The summed E-state index contributed by atoms with van der Waals surface area (Å²) >= 11 is 0. The molecule has 1 aromatic carbocycles. The molecule has 1 aliphatic rings. The van der Waals surface area contributed by atoms with E-state index in [0.717, 1.165) is 13.0 Å². The smallest absolute Gasteiger partial charge is 0.338 e. The van der Waals surface area contributed by atoms with Crippen LogP contribution in [-0.4, -0.2) is 44.9 Å². The van der Waals surface area contributed by atoms with Gasteiger partial charge < -0.3 is 14.4 Å². The molecule has 1 aromatic rings. The molecule has 1 fully saturated rings. The van der Waals surface area contributed by atoms with Crippen LogP contribution >= 0.6 is 0 Å². The van der Waals surface area contributed by atoms with Gasteiger partial charge in [0, 0.05) is 6.42 Å². The molecule has 0 spiro atoms. The van der Waals surface area contributed by atoms with Gasteiger partial charge in [-0.1, -0.05) is 18.2 Å². The van der Waals surface area contributed by atoms with Gasteiger partial charge in [-0.2, -0.15) is 0 Å². The summed E-state index contributed by atoms with van der Waals surface area (Å²) in [6.07, 6.45) is 0.653. The van der Waals surface area contributed by atoms with Gasteiger partial charge in [-0.05, 0) is 26.0 Å². The van der Waals surface area contributed by atoms with Crippen molar-refractivity contribution >= 4 is 5.97 Å². The van der Waals surface area contributed by atoms with Gasteiger partial charge in [0.2, 0.25) is 0 Å². The van der Waals surface area contributed by atoms with E-state index in [1.807, 2.05) is 18.2 Å². The fourth-order valence-electron chi connectivity index (χ4n) is 2.78. The number of benzene rings is 1. The number of quaternary nitrogens is 1. The fourth-order valence-corrected chi connectivity index (χ4v) is 2.78. The molecule has 1 N–H and O–H groups in total. The average molecular weight is 292 g/mol. The van der Waals surface area contributed by atoms with Crippen molar-refractivity contribution in [1.82, 2.24) is 0 Å². The summed E-state index contributed by atoms with van der Waals surface area (Å²) in [5.74, 6) is 0.00717. The Morgan fingerprint density at radius 3 is 2.62 bits per heavy atom. The van der Waals surface area contributed by atoms with E-state index in [0.29, 0.717) is 12.2 Å². The van der Waals surface area contributed by atoms with Crippen molar-refractivity contribution in [2.75, 3.05) is 27.2 Å². The Kier molecular flexibility index (Phi) is 5.01. The Bertz CT molecular complexity index is 470. The normalized spacial score (nSPS) is 24.8. The SMILES string of the molecule is C[NH+](C)C[C@@H]1COC(C)(C)C[C@@H]1OC(=O)c1ccccc1. The fraction of sp³-hybridized carbons (Fsp3) is 0.588. The maximum absolute atomic E-state index is 12.3. The second-order valence-corrected chi connectivity index (χ2v) is 6.76. The summed E-state index contributed by atoms with van der Waals surface area (Å²) in [6, 6.07) is 9.18. The zero-order valence-corrected chi connectivity index (χ0v) is 13.4. The third-order valence-corrected chi connectivity index (χ3v) is 3.85. The van der Waals surface area contributed by atoms with E-state index in [9.17, 15) is 4.79 Å². The first kappa shape index (κ1) is 16.0. The van der Waals surface area contributed by atoms with Gasteiger partial charge in [0.15, 0.2) is 0 Å². The van der Waals surface area contributed by atoms with E-state index in [-0.39, 0.29) is 23.6 Å². The van der Waals surface area contributed by atoms with Crippen LogP contribution in [0.3, 0.4) is 0 Å². The minimum atomic E-state index is -0.239. The average Bonchev–Trinajstić information content (AvgIpc) is 2.42. The second-order valence-electron chi connectivity index (χ2n) is 6.76. The lowest BCUT2D eigenvalue weighted by Gasteiger charge is -2.40. The second kappa shape index (κ2) is 6.58. The molecule has 0 aromatic heterocycles. The van der Waals surface area contributed by atoms with E-state index in [1.165, 1.54) is 4.90 Å². The molecular weight excluding hydrogens is 266 g/mol. The Balaban J connectivity index is 2.07. The highest BCUT2D eigenvalue weighted by molar-refractivity contribution is 5.89. The minimum Gasteiger partial charge on any atom is -0.458 e. The first-order chi connectivity index (χ1) is 9.87. The van der Waals surface area contributed by atoms with Gasteiger partial charge in [0.25, 0.3) is 0 Å². The molecule has 1 aliphatic heterocycles. The van der Waals surface area contributed by atoms with Crippen LogP contribution in [0, 0.1) is 5.92 Å². The van der Waals surface area contributed by atoms with Gasteiger partial charge in [-0.15, -0.1) is 0 Å². The number of rotatable bonds is 4. The molecule has 2 atom stereocenters. The molecule has 4 nitrogen and oxygen atoms in total. The molecule has 1 saturated heterocycles. The van der Waals surface area contributed by atoms with Gasteiger partial charge in [0.05, 0.1) is 44.3 Å². The lowest BCUT2D eigenvalue weighted by molar-refractivity contribution is -0.863. The van der Waals surface area contributed by atoms with Gasteiger partial charge in [0.1, 0.15) is 6.10 Å². The van der Waals surface area contributed by atoms with Crippen molar-refractivity contribution in [3.05, 3.63) is 35.9 Å². The number of carbonyl (C=O) groups is 1. The highest BCUT2D eigenvalue weighted by atomic mass is 16.6. The highest BCUT2D eigenvalue weighted by Gasteiger charge is 2.39. The maximum atomic E-state index is 12.3.